The van der Waals surface area contributed by atoms with Gasteiger partial charge in [-0.3, -0.25) is 4.99 Å². The smallest absolute Gasteiger partial charge is 0.203 e. The minimum absolute atomic E-state index is 0. The molecule has 0 amide bonds. The van der Waals surface area contributed by atoms with Gasteiger partial charge in [0.25, 0.3) is 0 Å². The molecule has 8 heteroatoms. The van der Waals surface area contributed by atoms with Gasteiger partial charge >= 0.3 is 0 Å². The molecule has 0 saturated heterocycles. The number of benzene rings is 1. The van der Waals surface area contributed by atoms with E-state index in [0.717, 1.165) is 24.5 Å². The molecular formula is C21H32IN3O3S. The maximum Gasteiger partial charge on any atom is 0.203 e. The summed E-state index contributed by atoms with van der Waals surface area (Å²) < 4.78 is 16.6. The number of nitrogens with zero attached hydrogens (tertiary/aromatic N) is 1. The molecule has 2 rings (SSSR count). The van der Waals surface area contributed by atoms with Crippen LogP contribution in [0.5, 0.6) is 17.2 Å². The van der Waals surface area contributed by atoms with Crippen LogP contribution in [0.25, 0.3) is 0 Å². The van der Waals surface area contributed by atoms with Crippen molar-refractivity contribution in [2.45, 2.75) is 26.8 Å². The molecule has 0 fully saturated rings. The summed E-state index contributed by atoms with van der Waals surface area (Å²) in [5.41, 5.74) is 1.02. The lowest BCUT2D eigenvalue weighted by molar-refractivity contribution is 0.288. The quantitative estimate of drug-likeness (QED) is 0.271. The second kappa shape index (κ2) is 13.5. The van der Waals surface area contributed by atoms with Crippen molar-refractivity contribution in [2.75, 3.05) is 34.4 Å². The van der Waals surface area contributed by atoms with E-state index in [2.05, 4.69) is 40.1 Å². The first-order chi connectivity index (χ1) is 13.6. The second-order valence-electron chi connectivity index (χ2n) is 6.46. The molecule has 0 saturated carbocycles. The van der Waals surface area contributed by atoms with Gasteiger partial charge in [-0.25, -0.2) is 0 Å². The van der Waals surface area contributed by atoms with Gasteiger partial charge in [0.15, 0.2) is 17.5 Å². The normalized spacial score (nSPS) is 12.0. The van der Waals surface area contributed by atoms with E-state index in [0.29, 0.717) is 36.3 Å². The van der Waals surface area contributed by atoms with Gasteiger partial charge in [-0.1, -0.05) is 13.0 Å². The van der Waals surface area contributed by atoms with Crippen LogP contribution in [0.15, 0.2) is 34.6 Å². The Morgan fingerprint density at radius 2 is 1.86 bits per heavy atom. The zero-order valence-electron chi connectivity index (χ0n) is 17.8. The number of guanidine groups is 1. The number of halogens is 1. The van der Waals surface area contributed by atoms with E-state index in [-0.39, 0.29) is 24.0 Å². The van der Waals surface area contributed by atoms with Crippen LogP contribution in [0.1, 0.15) is 24.3 Å². The van der Waals surface area contributed by atoms with E-state index in [1.54, 1.807) is 32.6 Å². The van der Waals surface area contributed by atoms with Crippen LogP contribution in [-0.4, -0.2) is 40.4 Å². The zero-order valence-corrected chi connectivity index (χ0v) is 20.9. The largest absolute Gasteiger partial charge is 0.493 e. The van der Waals surface area contributed by atoms with Crippen molar-refractivity contribution in [3.8, 4) is 17.2 Å². The minimum atomic E-state index is 0. The monoisotopic (exact) mass is 533 g/mol. The Labute approximate surface area is 195 Å². The van der Waals surface area contributed by atoms with Crippen LogP contribution in [0, 0.1) is 5.92 Å². The summed E-state index contributed by atoms with van der Waals surface area (Å²) >= 11 is 1.80. The van der Waals surface area contributed by atoms with E-state index < -0.39 is 0 Å². The third-order valence-corrected chi connectivity index (χ3v) is 5.14. The predicted molar refractivity (Wildman–Crippen MR) is 132 cm³/mol. The highest BCUT2D eigenvalue weighted by Gasteiger charge is 2.14. The van der Waals surface area contributed by atoms with Gasteiger partial charge in [-0.05, 0) is 48.4 Å². The van der Waals surface area contributed by atoms with E-state index in [1.807, 2.05) is 19.1 Å². The first kappa shape index (κ1) is 25.4. The fourth-order valence-electron chi connectivity index (χ4n) is 2.84. The number of rotatable bonds is 10. The summed E-state index contributed by atoms with van der Waals surface area (Å²) in [6, 6.07) is 8.18. The fraction of sp³-hybridized carbons (Fsp3) is 0.476. The van der Waals surface area contributed by atoms with Crippen LogP contribution in [-0.2, 0) is 13.0 Å². The average Bonchev–Trinajstić information content (AvgIpc) is 3.21. The highest BCUT2D eigenvalue weighted by molar-refractivity contribution is 14.0. The summed E-state index contributed by atoms with van der Waals surface area (Å²) in [6.45, 7) is 6.17. The Kier molecular flexibility index (Phi) is 11.8. The van der Waals surface area contributed by atoms with Gasteiger partial charge in [-0.15, -0.1) is 35.3 Å². The van der Waals surface area contributed by atoms with Gasteiger partial charge in [-0.2, -0.15) is 0 Å². The van der Waals surface area contributed by atoms with Crippen molar-refractivity contribution in [1.82, 2.24) is 10.6 Å². The van der Waals surface area contributed by atoms with Crippen LogP contribution in [0.4, 0.5) is 0 Å². The summed E-state index contributed by atoms with van der Waals surface area (Å²) in [7, 11) is 5.03. The molecule has 0 aliphatic carbocycles. The summed E-state index contributed by atoms with van der Waals surface area (Å²) in [5.74, 6) is 3.23. The number of aliphatic imine (C=N–C) groups is 1. The van der Waals surface area contributed by atoms with Gasteiger partial charge in [0.1, 0.15) is 0 Å². The van der Waals surface area contributed by atoms with Crippen molar-refractivity contribution >= 4 is 41.3 Å². The van der Waals surface area contributed by atoms with Gasteiger partial charge in [0.05, 0.1) is 20.8 Å². The van der Waals surface area contributed by atoms with Crippen molar-refractivity contribution in [3.63, 3.8) is 0 Å². The number of ether oxygens (including phenoxy) is 3. The predicted octanol–water partition coefficient (Wildman–Crippen LogP) is 4.33. The van der Waals surface area contributed by atoms with Crippen LogP contribution in [0.2, 0.25) is 0 Å². The van der Waals surface area contributed by atoms with Crippen molar-refractivity contribution in [3.05, 3.63) is 40.1 Å². The Morgan fingerprint density at radius 1 is 1.17 bits per heavy atom. The molecule has 0 aliphatic heterocycles. The van der Waals surface area contributed by atoms with Gasteiger partial charge in [0.2, 0.25) is 5.75 Å². The Balaban J connectivity index is 0.00000420. The van der Waals surface area contributed by atoms with Crippen LogP contribution < -0.4 is 24.8 Å². The first-order valence-corrected chi connectivity index (χ1v) is 10.3. The van der Waals surface area contributed by atoms with E-state index in [9.17, 15) is 0 Å². The molecule has 0 spiro atoms. The molecule has 2 aromatic rings. The third-order valence-electron chi connectivity index (χ3n) is 4.24. The highest BCUT2D eigenvalue weighted by atomic mass is 127. The van der Waals surface area contributed by atoms with Crippen molar-refractivity contribution in [1.29, 1.82) is 0 Å². The van der Waals surface area contributed by atoms with Crippen LogP contribution in [0.3, 0.4) is 0 Å². The van der Waals surface area contributed by atoms with E-state index in [1.165, 1.54) is 4.88 Å². The van der Waals surface area contributed by atoms with E-state index >= 15 is 0 Å². The standard InChI is InChI=1S/C21H31N3O3S.HI/c1-6-27-20-18(25-4)11-16(12-19(20)26-5)14-24-21(22-3)23-13-15(2)10-17-8-7-9-28-17;/h7-9,11-12,15H,6,10,13-14H2,1-5H3,(H2,22,23,24);1H. The van der Waals surface area contributed by atoms with Crippen molar-refractivity contribution in [2.24, 2.45) is 10.9 Å². The zero-order chi connectivity index (χ0) is 20.4. The van der Waals surface area contributed by atoms with Gasteiger partial charge < -0.3 is 24.8 Å². The summed E-state index contributed by atoms with van der Waals surface area (Å²) in [6.07, 6.45) is 1.06. The molecule has 2 N–H and O–H groups in total. The molecule has 0 aliphatic rings. The summed E-state index contributed by atoms with van der Waals surface area (Å²) in [5, 5.41) is 8.86. The summed E-state index contributed by atoms with van der Waals surface area (Å²) in [4.78, 5) is 5.72. The average molecular weight is 533 g/mol. The maximum absolute atomic E-state index is 5.65. The molecular weight excluding hydrogens is 501 g/mol. The Hall–Kier alpha value is -1.68. The number of hydrogen-bond donors (Lipinski definition) is 2. The van der Waals surface area contributed by atoms with E-state index in [4.69, 9.17) is 14.2 Å². The highest BCUT2D eigenvalue weighted by Crippen LogP contribution is 2.38. The molecule has 6 nitrogen and oxygen atoms in total. The Bertz CT molecular complexity index is 729. The molecule has 0 radical (unpaired) electrons. The number of hydrogen-bond acceptors (Lipinski definition) is 5. The lowest BCUT2D eigenvalue weighted by atomic mass is 10.1. The third kappa shape index (κ3) is 7.93. The minimum Gasteiger partial charge on any atom is -0.493 e. The number of thiophene rings is 1. The topological polar surface area (TPSA) is 64.1 Å². The number of nitrogens with one attached hydrogen (secondary N) is 2. The number of methoxy groups -OCH3 is 2. The molecule has 1 heterocycles. The lowest BCUT2D eigenvalue weighted by Crippen LogP contribution is -2.39. The lowest BCUT2D eigenvalue weighted by Gasteiger charge is -2.18. The fourth-order valence-corrected chi connectivity index (χ4v) is 3.71. The van der Waals surface area contributed by atoms with Crippen molar-refractivity contribution < 1.29 is 14.2 Å². The first-order valence-electron chi connectivity index (χ1n) is 9.45. The maximum atomic E-state index is 5.65. The molecule has 162 valence electrons. The molecule has 1 atom stereocenters. The SMILES string of the molecule is CCOc1c(OC)cc(CNC(=NC)NCC(C)Cc2cccs2)cc1OC.I. The molecule has 1 unspecified atom stereocenters. The molecule has 1 aromatic carbocycles. The molecule has 29 heavy (non-hydrogen) atoms. The van der Waals surface area contributed by atoms with Crippen LogP contribution >= 0.6 is 35.3 Å². The molecule has 1 aromatic heterocycles. The second-order valence-corrected chi connectivity index (χ2v) is 7.49. The molecule has 0 bridgehead atoms. The van der Waals surface area contributed by atoms with Gasteiger partial charge in [0, 0.05) is 25.0 Å². The Morgan fingerprint density at radius 3 is 2.38 bits per heavy atom.